The third-order valence-corrected chi connectivity index (χ3v) is 5.57. The van der Waals surface area contributed by atoms with E-state index in [-0.39, 0.29) is 29.9 Å². The van der Waals surface area contributed by atoms with Gasteiger partial charge in [-0.05, 0) is 48.9 Å². The Morgan fingerprint density at radius 1 is 1.19 bits per heavy atom. The van der Waals surface area contributed by atoms with Gasteiger partial charge in [0.2, 0.25) is 15.9 Å². The maximum Gasteiger partial charge on any atom is 0.240 e. The van der Waals surface area contributed by atoms with E-state index < -0.39 is 10.0 Å². The summed E-state index contributed by atoms with van der Waals surface area (Å²) in [6.07, 6.45) is 0.232. The van der Waals surface area contributed by atoms with Gasteiger partial charge in [-0.25, -0.2) is 13.1 Å². The summed E-state index contributed by atoms with van der Waals surface area (Å²) in [6, 6.07) is 13.2. The molecule has 0 saturated carbocycles. The third-order valence-electron chi connectivity index (χ3n) is 3.48. The highest BCUT2D eigenvalue weighted by Gasteiger charge is 2.17. The van der Waals surface area contributed by atoms with E-state index in [2.05, 4.69) is 26.0 Å². The number of halogens is 1. The quantitative estimate of drug-likeness (QED) is 0.660. The topological polar surface area (TPSA) is 84.5 Å². The molecule has 1 atom stereocenters. The van der Waals surface area contributed by atoms with Crippen LogP contribution < -0.4 is 10.0 Å². The highest BCUT2D eigenvalue weighted by Crippen LogP contribution is 2.16. The van der Waals surface area contributed by atoms with Gasteiger partial charge in [0.05, 0.1) is 17.9 Å². The van der Waals surface area contributed by atoms with Crippen molar-refractivity contribution in [1.29, 1.82) is 0 Å². The summed E-state index contributed by atoms with van der Waals surface area (Å²) in [6.45, 7) is 2.00. The van der Waals surface area contributed by atoms with E-state index in [0.29, 0.717) is 5.69 Å². The monoisotopic (exact) mass is 440 g/mol. The average Bonchev–Trinajstić information content (AvgIpc) is 2.55. The van der Waals surface area contributed by atoms with Gasteiger partial charge in [-0.1, -0.05) is 28.1 Å². The zero-order valence-corrected chi connectivity index (χ0v) is 16.9. The van der Waals surface area contributed by atoms with Crippen molar-refractivity contribution in [3.63, 3.8) is 0 Å². The number of carbonyl (C=O) groups is 1. The Bertz CT molecular complexity index is 854. The van der Waals surface area contributed by atoms with Crippen LogP contribution in [0.15, 0.2) is 57.9 Å². The summed E-state index contributed by atoms with van der Waals surface area (Å²) in [5, 5.41) is 2.76. The lowest BCUT2D eigenvalue weighted by molar-refractivity contribution is -0.115. The van der Waals surface area contributed by atoms with Crippen LogP contribution in [-0.4, -0.2) is 34.1 Å². The molecule has 2 rings (SSSR count). The molecule has 0 spiro atoms. The van der Waals surface area contributed by atoms with Crippen molar-refractivity contribution in [2.75, 3.05) is 19.0 Å². The Morgan fingerprint density at radius 3 is 2.50 bits per heavy atom. The number of anilines is 1. The van der Waals surface area contributed by atoms with Crippen molar-refractivity contribution in [3.05, 3.63) is 58.6 Å². The lowest BCUT2D eigenvalue weighted by Gasteiger charge is -2.13. The zero-order chi connectivity index (χ0) is 19.2. The number of hydrogen-bond donors (Lipinski definition) is 2. The fraction of sp³-hybridized carbons (Fsp3) is 0.278. The molecule has 140 valence electrons. The predicted molar refractivity (Wildman–Crippen MR) is 105 cm³/mol. The van der Waals surface area contributed by atoms with E-state index in [4.69, 9.17) is 4.74 Å². The molecule has 0 aliphatic carbocycles. The van der Waals surface area contributed by atoms with Crippen LogP contribution in [0, 0.1) is 0 Å². The molecular weight excluding hydrogens is 420 g/mol. The standard InChI is InChI=1S/C18H21BrN2O4S/c1-13(12-25-2)21-26(23,24)17-8-6-16(7-9-17)20-18(22)11-14-4-3-5-15(19)10-14/h3-10,13,21H,11-12H2,1-2H3,(H,20,22). The number of hydrogen-bond acceptors (Lipinski definition) is 4. The van der Waals surface area contributed by atoms with Crippen molar-refractivity contribution in [2.45, 2.75) is 24.3 Å². The second kappa shape index (κ2) is 9.27. The molecule has 2 N–H and O–H groups in total. The Morgan fingerprint density at radius 2 is 1.88 bits per heavy atom. The number of sulfonamides is 1. The predicted octanol–water partition coefficient (Wildman–Crippen LogP) is 2.94. The van der Waals surface area contributed by atoms with Crippen LogP contribution in [0.3, 0.4) is 0 Å². The minimum absolute atomic E-state index is 0.130. The van der Waals surface area contributed by atoms with Gasteiger partial charge in [-0.2, -0.15) is 0 Å². The Hall–Kier alpha value is -1.74. The molecule has 1 unspecified atom stereocenters. The first kappa shape index (κ1) is 20.6. The minimum atomic E-state index is -3.63. The van der Waals surface area contributed by atoms with Crippen molar-refractivity contribution < 1.29 is 17.9 Å². The van der Waals surface area contributed by atoms with Gasteiger partial charge < -0.3 is 10.1 Å². The average molecular weight is 441 g/mol. The largest absolute Gasteiger partial charge is 0.383 e. The fourth-order valence-electron chi connectivity index (χ4n) is 2.37. The zero-order valence-electron chi connectivity index (χ0n) is 14.5. The number of carbonyl (C=O) groups excluding carboxylic acids is 1. The van der Waals surface area contributed by atoms with Gasteiger partial charge in [-0.3, -0.25) is 4.79 Å². The molecule has 1 amide bonds. The number of ether oxygens (including phenoxy) is 1. The minimum Gasteiger partial charge on any atom is -0.383 e. The van der Waals surface area contributed by atoms with Gasteiger partial charge >= 0.3 is 0 Å². The lowest BCUT2D eigenvalue weighted by atomic mass is 10.1. The molecule has 6 nitrogen and oxygen atoms in total. The van der Waals surface area contributed by atoms with E-state index in [1.165, 1.54) is 19.2 Å². The molecule has 0 fully saturated rings. The number of benzene rings is 2. The smallest absolute Gasteiger partial charge is 0.240 e. The van der Waals surface area contributed by atoms with E-state index in [1.807, 2.05) is 24.3 Å². The summed E-state index contributed by atoms with van der Waals surface area (Å²) in [5.74, 6) is -0.175. The van der Waals surface area contributed by atoms with Gasteiger partial charge in [-0.15, -0.1) is 0 Å². The highest BCUT2D eigenvalue weighted by molar-refractivity contribution is 9.10. The summed E-state index contributed by atoms with van der Waals surface area (Å²) in [7, 11) is -2.12. The lowest BCUT2D eigenvalue weighted by Crippen LogP contribution is -2.35. The molecule has 0 heterocycles. The molecule has 0 bridgehead atoms. The first-order chi connectivity index (χ1) is 12.3. The number of rotatable bonds is 8. The van der Waals surface area contributed by atoms with Gasteiger partial charge in [0.15, 0.2) is 0 Å². The maximum atomic E-state index is 12.3. The van der Waals surface area contributed by atoms with E-state index >= 15 is 0 Å². The molecule has 0 radical (unpaired) electrons. The van der Waals surface area contributed by atoms with Crippen molar-refractivity contribution in [3.8, 4) is 0 Å². The maximum absolute atomic E-state index is 12.3. The SMILES string of the molecule is COCC(C)NS(=O)(=O)c1ccc(NC(=O)Cc2cccc(Br)c2)cc1. The Kier molecular flexibility index (Phi) is 7.33. The second-order valence-electron chi connectivity index (χ2n) is 5.86. The summed E-state index contributed by atoms with van der Waals surface area (Å²) < 4.78 is 32.9. The highest BCUT2D eigenvalue weighted by atomic mass is 79.9. The van der Waals surface area contributed by atoms with Gasteiger partial charge in [0, 0.05) is 23.3 Å². The van der Waals surface area contributed by atoms with Crippen LogP contribution >= 0.6 is 15.9 Å². The van der Waals surface area contributed by atoms with Crippen molar-refractivity contribution >= 4 is 37.5 Å². The molecule has 26 heavy (non-hydrogen) atoms. The molecule has 8 heteroatoms. The van der Waals surface area contributed by atoms with Crippen LogP contribution in [0.1, 0.15) is 12.5 Å². The van der Waals surface area contributed by atoms with Crippen LogP contribution in [-0.2, 0) is 26.0 Å². The number of methoxy groups -OCH3 is 1. The van der Waals surface area contributed by atoms with Crippen LogP contribution in [0.2, 0.25) is 0 Å². The normalized spacial score (nSPS) is 12.6. The Labute approximate surface area is 162 Å². The molecule has 0 aliphatic rings. The van der Waals surface area contributed by atoms with Crippen molar-refractivity contribution in [1.82, 2.24) is 4.72 Å². The molecule has 0 aromatic heterocycles. The van der Waals surface area contributed by atoms with E-state index in [9.17, 15) is 13.2 Å². The van der Waals surface area contributed by atoms with Crippen LogP contribution in [0.25, 0.3) is 0 Å². The number of nitrogens with one attached hydrogen (secondary N) is 2. The summed E-state index contributed by atoms with van der Waals surface area (Å²) in [5.41, 5.74) is 1.42. The Balaban J connectivity index is 1.99. The van der Waals surface area contributed by atoms with Crippen LogP contribution in [0.5, 0.6) is 0 Å². The molecule has 2 aromatic carbocycles. The first-order valence-electron chi connectivity index (χ1n) is 7.96. The summed E-state index contributed by atoms with van der Waals surface area (Å²) in [4.78, 5) is 12.3. The molecule has 0 saturated heterocycles. The molecular formula is C18H21BrN2O4S. The first-order valence-corrected chi connectivity index (χ1v) is 10.2. The second-order valence-corrected chi connectivity index (χ2v) is 8.49. The third kappa shape index (κ3) is 6.21. The molecule has 0 aliphatic heterocycles. The van der Waals surface area contributed by atoms with Gasteiger partial charge in [0.1, 0.15) is 0 Å². The number of amides is 1. The van der Waals surface area contributed by atoms with Crippen LogP contribution in [0.4, 0.5) is 5.69 Å². The van der Waals surface area contributed by atoms with Gasteiger partial charge in [0.25, 0.3) is 0 Å². The molecule has 2 aromatic rings. The summed E-state index contributed by atoms with van der Waals surface area (Å²) >= 11 is 3.37. The van der Waals surface area contributed by atoms with E-state index in [1.54, 1.807) is 19.1 Å². The fourth-order valence-corrected chi connectivity index (χ4v) is 4.05. The van der Waals surface area contributed by atoms with Crippen molar-refractivity contribution in [2.24, 2.45) is 0 Å². The van der Waals surface area contributed by atoms with E-state index in [0.717, 1.165) is 10.0 Å².